The highest BCUT2D eigenvalue weighted by atomic mass is 79.9. The predicted octanol–water partition coefficient (Wildman–Crippen LogP) is 2.88. The lowest BCUT2D eigenvalue weighted by molar-refractivity contribution is -0.123. The third-order valence-electron chi connectivity index (χ3n) is 3.94. The summed E-state index contributed by atoms with van der Waals surface area (Å²) in [6, 6.07) is 11.2. The Morgan fingerprint density at radius 1 is 0.938 bits per heavy atom. The molecule has 0 fully saturated rings. The monoisotopic (exact) mass is 508 g/mol. The Labute approximate surface area is 194 Å². The number of hydrogen-bond acceptors (Lipinski definition) is 7. The van der Waals surface area contributed by atoms with Gasteiger partial charge in [0.1, 0.15) is 18.1 Å². The molecule has 2 aromatic carbocycles. The van der Waals surface area contributed by atoms with E-state index in [-0.39, 0.29) is 18.8 Å². The maximum absolute atomic E-state index is 12.5. The molecule has 0 saturated heterocycles. The van der Waals surface area contributed by atoms with Gasteiger partial charge in [0.2, 0.25) is 0 Å². The first-order valence-corrected chi connectivity index (χ1v) is 10.6. The number of carbonyl (C=O) groups excluding carboxylic acids is 3. The highest BCUT2D eigenvalue weighted by molar-refractivity contribution is 9.10. The van der Waals surface area contributed by atoms with Crippen LogP contribution in [-0.2, 0) is 14.3 Å². The molecule has 0 aliphatic heterocycles. The molecular formula is C22H25BrN2O7. The fraction of sp³-hybridized carbons (Fsp3) is 0.318. The van der Waals surface area contributed by atoms with Crippen molar-refractivity contribution in [2.75, 3.05) is 33.5 Å². The molecule has 0 radical (unpaired) electrons. The van der Waals surface area contributed by atoms with Crippen molar-refractivity contribution in [2.24, 2.45) is 0 Å². The predicted molar refractivity (Wildman–Crippen MR) is 120 cm³/mol. The number of hydrogen-bond donors (Lipinski definition) is 2. The number of hydrazine groups is 1. The Morgan fingerprint density at radius 3 is 2.38 bits per heavy atom. The number of amides is 2. The van der Waals surface area contributed by atoms with Crippen LogP contribution < -0.4 is 20.3 Å². The van der Waals surface area contributed by atoms with E-state index in [1.54, 1.807) is 49.6 Å². The second-order valence-corrected chi connectivity index (χ2v) is 7.35. The molecule has 0 unspecified atom stereocenters. The van der Waals surface area contributed by atoms with E-state index in [9.17, 15) is 14.4 Å². The van der Waals surface area contributed by atoms with Gasteiger partial charge in [0, 0.05) is 11.6 Å². The zero-order chi connectivity index (χ0) is 23.3. The van der Waals surface area contributed by atoms with E-state index in [1.807, 2.05) is 6.92 Å². The molecule has 2 amide bonds. The van der Waals surface area contributed by atoms with Crippen LogP contribution in [0.2, 0.25) is 0 Å². The number of halogens is 1. The zero-order valence-corrected chi connectivity index (χ0v) is 19.4. The van der Waals surface area contributed by atoms with Gasteiger partial charge in [-0.25, -0.2) is 4.79 Å². The SMILES string of the molecule is CCCOC(=O)c1ccc(OCC(=O)NNC(=O)c2cc(Br)ccc2OCCOC)cc1. The summed E-state index contributed by atoms with van der Waals surface area (Å²) < 4.78 is 21.6. The van der Waals surface area contributed by atoms with Crippen LogP contribution in [0, 0.1) is 0 Å². The topological polar surface area (TPSA) is 112 Å². The summed E-state index contributed by atoms with van der Waals surface area (Å²) in [6.45, 7) is 2.56. The van der Waals surface area contributed by atoms with Gasteiger partial charge in [0.15, 0.2) is 6.61 Å². The van der Waals surface area contributed by atoms with Gasteiger partial charge in [0.25, 0.3) is 11.8 Å². The maximum atomic E-state index is 12.5. The van der Waals surface area contributed by atoms with Crippen LogP contribution >= 0.6 is 15.9 Å². The number of rotatable bonds is 11. The summed E-state index contributed by atoms with van der Waals surface area (Å²) in [6.07, 6.45) is 0.738. The van der Waals surface area contributed by atoms with Crippen molar-refractivity contribution >= 4 is 33.7 Å². The lowest BCUT2D eigenvalue weighted by atomic mass is 10.2. The van der Waals surface area contributed by atoms with Crippen molar-refractivity contribution in [3.8, 4) is 11.5 Å². The van der Waals surface area contributed by atoms with Crippen molar-refractivity contribution in [1.29, 1.82) is 0 Å². The summed E-state index contributed by atoms with van der Waals surface area (Å²) in [5, 5.41) is 0. The molecule has 0 atom stereocenters. The maximum Gasteiger partial charge on any atom is 0.338 e. The minimum Gasteiger partial charge on any atom is -0.490 e. The molecule has 0 heterocycles. The van der Waals surface area contributed by atoms with Crippen LogP contribution in [0.15, 0.2) is 46.9 Å². The summed E-state index contributed by atoms with van der Waals surface area (Å²) in [7, 11) is 1.55. The van der Waals surface area contributed by atoms with Gasteiger partial charge in [-0.1, -0.05) is 22.9 Å². The van der Waals surface area contributed by atoms with Crippen molar-refractivity contribution < 1.29 is 33.3 Å². The number of carbonyl (C=O) groups is 3. The highest BCUT2D eigenvalue weighted by Crippen LogP contribution is 2.23. The molecule has 32 heavy (non-hydrogen) atoms. The largest absolute Gasteiger partial charge is 0.490 e. The Morgan fingerprint density at radius 2 is 1.69 bits per heavy atom. The molecule has 0 spiro atoms. The Kier molecular flexibility index (Phi) is 10.5. The van der Waals surface area contributed by atoms with Gasteiger partial charge in [0.05, 0.1) is 24.3 Å². The number of nitrogens with one attached hydrogen (secondary N) is 2. The fourth-order valence-electron chi connectivity index (χ4n) is 2.38. The fourth-order valence-corrected chi connectivity index (χ4v) is 2.75. The second kappa shape index (κ2) is 13.3. The average molecular weight is 509 g/mol. The first-order valence-electron chi connectivity index (χ1n) is 9.85. The molecule has 0 aromatic heterocycles. The molecule has 0 saturated carbocycles. The number of benzene rings is 2. The lowest BCUT2D eigenvalue weighted by Gasteiger charge is -2.13. The van der Waals surface area contributed by atoms with E-state index < -0.39 is 17.8 Å². The number of ether oxygens (including phenoxy) is 4. The molecular weight excluding hydrogens is 484 g/mol. The second-order valence-electron chi connectivity index (χ2n) is 6.43. The van der Waals surface area contributed by atoms with Crippen LogP contribution in [0.1, 0.15) is 34.1 Å². The minimum atomic E-state index is -0.568. The Bertz CT molecular complexity index is 919. The van der Waals surface area contributed by atoms with Gasteiger partial charge >= 0.3 is 5.97 Å². The van der Waals surface area contributed by atoms with Gasteiger partial charge in [-0.2, -0.15) is 0 Å². The average Bonchev–Trinajstić information content (AvgIpc) is 2.81. The zero-order valence-electron chi connectivity index (χ0n) is 17.8. The van der Waals surface area contributed by atoms with E-state index in [0.29, 0.717) is 34.7 Å². The first-order chi connectivity index (χ1) is 15.4. The first kappa shape index (κ1) is 25.2. The molecule has 0 bridgehead atoms. The molecule has 2 N–H and O–H groups in total. The number of esters is 1. The smallest absolute Gasteiger partial charge is 0.338 e. The van der Waals surface area contributed by atoms with E-state index in [1.165, 1.54) is 0 Å². The van der Waals surface area contributed by atoms with Crippen LogP contribution in [-0.4, -0.2) is 51.3 Å². The van der Waals surface area contributed by atoms with Crippen molar-refractivity contribution in [3.05, 3.63) is 58.1 Å². The Balaban J connectivity index is 1.83. The summed E-state index contributed by atoms with van der Waals surface area (Å²) >= 11 is 3.31. The summed E-state index contributed by atoms with van der Waals surface area (Å²) in [5.74, 6) is -0.800. The third-order valence-corrected chi connectivity index (χ3v) is 4.44. The minimum absolute atomic E-state index is 0.238. The molecule has 0 aliphatic carbocycles. The molecule has 9 nitrogen and oxygen atoms in total. The van der Waals surface area contributed by atoms with E-state index in [2.05, 4.69) is 26.8 Å². The van der Waals surface area contributed by atoms with Crippen molar-refractivity contribution in [3.63, 3.8) is 0 Å². The highest BCUT2D eigenvalue weighted by Gasteiger charge is 2.15. The standard InChI is InChI=1S/C22H25BrN2O7/c1-3-10-31-22(28)15-4-7-17(8-5-15)32-14-20(26)24-25-21(27)18-13-16(23)6-9-19(18)30-12-11-29-2/h4-9,13H,3,10-12,14H2,1-2H3,(H,24,26)(H,25,27). The summed E-state index contributed by atoms with van der Waals surface area (Å²) in [4.78, 5) is 36.3. The van der Waals surface area contributed by atoms with Gasteiger partial charge in [-0.05, 0) is 48.9 Å². The van der Waals surface area contributed by atoms with Gasteiger partial charge in [-0.3, -0.25) is 20.4 Å². The third kappa shape index (κ3) is 8.20. The Hall–Kier alpha value is -3.11. The molecule has 10 heteroatoms. The molecule has 2 aromatic rings. The van der Waals surface area contributed by atoms with E-state index in [4.69, 9.17) is 18.9 Å². The van der Waals surface area contributed by atoms with E-state index >= 15 is 0 Å². The molecule has 0 aliphatic rings. The van der Waals surface area contributed by atoms with Crippen LogP contribution in [0.4, 0.5) is 0 Å². The van der Waals surface area contributed by atoms with E-state index in [0.717, 1.165) is 6.42 Å². The van der Waals surface area contributed by atoms with Crippen LogP contribution in [0.25, 0.3) is 0 Å². The lowest BCUT2D eigenvalue weighted by Crippen LogP contribution is -2.44. The summed E-state index contributed by atoms with van der Waals surface area (Å²) in [5.41, 5.74) is 5.24. The molecule has 2 rings (SSSR count). The van der Waals surface area contributed by atoms with Crippen LogP contribution in [0.3, 0.4) is 0 Å². The normalized spacial score (nSPS) is 10.2. The quantitative estimate of drug-likeness (QED) is 0.272. The van der Waals surface area contributed by atoms with Gasteiger partial charge in [-0.15, -0.1) is 0 Å². The molecule has 172 valence electrons. The van der Waals surface area contributed by atoms with Crippen LogP contribution in [0.5, 0.6) is 11.5 Å². The van der Waals surface area contributed by atoms with Crippen molar-refractivity contribution in [1.82, 2.24) is 10.9 Å². The van der Waals surface area contributed by atoms with Gasteiger partial charge < -0.3 is 18.9 Å². The van der Waals surface area contributed by atoms with Crippen molar-refractivity contribution in [2.45, 2.75) is 13.3 Å². The number of methoxy groups -OCH3 is 1.